The van der Waals surface area contributed by atoms with Crippen LogP contribution in [-0.2, 0) is 0 Å². The van der Waals surface area contributed by atoms with Gasteiger partial charge in [-0.05, 0) is 25.2 Å². The average molecular weight is 195 g/mol. The first-order chi connectivity index (χ1) is 6.65. The largest absolute Gasteiger partial charge is 0.397 e. The zero-order valence-electron chi connectivity index (χ0n) is 8.13. The van der Waals surface area contributed by atoms with Crippen molar-refractivity contribution in [2.75, 3.05) is 31.2 Å². The molecule has 1 aromatic carbocycles. The summed E-state index contributed by atoms with van der Waals surface area (Å²) in [7, 11) is 2.06. The highest BCUT2D eigenvalue weighted by atomic mass is 19.1. The Labute approximate surface area is 82.7 Å². The third kappa shape index (κ3) is 1.80. The molecule has 2 rings (SSSR count). The fraction of sp³-hybridized carbons (Fsp3) is 0.400. The average Bonchev–Trinajstić information content (AvgIpc) is 2.06. The van der Waals surface area contributed by atoms with E-state index in [0.29, 0.717) is 11.7 Å². The van der Waals surface area contributed by atoms with Crippen molar-refractivity contribution < 1.29 is 4.39 Å². The van der Waals surface area contributed by atoms with Gasteiger partial charge in [-0.15, -0.1) is 0 Å². The van der Waals surface area contributed by atoms with E-state index in [-0.39, 0.29) is 5.82 Å². The third-order valence-corrected chi connectivity index (χ3v) is 2.44. The Bertz CT molecular complexity index is 334. The number of halogens is 1. The second-order valence-electron chi connectivity index (χ2n) is 3.79. The summed E-state index contributed by atoms with van der Waals surface area (Å²) in [5.41, 5.74) is 6.96. The number of benzene rings is 1. The van der Waals surface area contributed by atoms with Crippen LogP contribution in [0.5, 0.6) is 0 Å². The van der Waals surface area contributed by atoms with Gasteiger partial charge in [-0.25, -0.2) is 4.39 Å². The lowest BCUT2D eigenvalue weighted by molar-refractivity contribution is 0.205. The molecule has 4 heteroatoms. The Hall–Kier alpha value is -1.29. The number of nitrogen functional groups attached to an aromatic ring is 1. The second-order valence-corrected chi connectivity index (χ2v) is 3.79. The Balaban J connectivity index is 2.02. The Morgan fingerprint density at radius 3 is 2.79 bits per heavy atom. The Morgan fingerprint density at radius 2 is 2.21 bits per heavy atom. The summed E-state index contributed by atoms with van der Waals surface area (Å²) in [5.74, 6) is -0.293. The molecule has 1 saturated heterocycles. The first-order valence-corrected chi connectivity index (χ1v) is 4.65. The minimum Gasteiger partial charge on any atom is -0.397 e. The summed E-state index contributed by atoms with van der Waals surface area (Å²) in [5, 5.41) is 3.27. The number of rotatable bonds is 2. The van der Waals surface area contributed by atoms with Gasteiger partial charge in [0.25, 0.3) is 0 Å². The minimum absolute atomic E-state index is 0.293. The summed E-state index contributed by atoms with van der Waals surface area (Å²) in [6.07, 6.45) is 0. The SMILES string of the molecule is CN1CC(Nc2ccc(F)cc2N)C1. The lowest BCUT2D eigenvalue weighted by Gasteiger charge is -2.37. The predicted octanol–water partition coefficient (Wildman–Crippen LogP) is 1.13. The topological polar surface area (TPSA) is 41.3 Å². The number of anilines is 2. The molecule has 0 radical (unpaired) electrons. The third-order valence-electron chi connectivity index (χ3n) is 2.44. The van der Waals surface area contributed by atoms with Crippen LogP contribution < -0.4 is 11.1 Å². The normalized spacial score (nSPS) is 17.9. The first-order valence-electron chi connectivity index (χ1n) is 4.65. The minimum atomic E-state index is -0.293. The molecule has 0 aromatic heterocycles. The molecule has 76 valence electrons. The van der Waals surface area contributed by atoms with Crippen LogP contribution >= 0.6 is 0 Å². The van der Waals surface area contributed by atoms with E-state index in [2.05, 4.69) is 17.3 Å². The highest BCUT2D eigenvalue weighted by Crippen LogP contribution is 2.21. The number of likely N-dealkylation sites (N-methyl/N-ethyl adjacent to an activating group) is 1. The predicted molar refractivity (Wildman–Crippen MR) is 55.7 cm³/mol. The molecule has 1 aliphatic rings. The first kappa shape index (κ1) is 9.27. The van der Waals surface area contributed by atoms with Crippen molar-refractivity contribution in [2.45, 2.75) is 6.04 Å². The maximum Gasteiger partial charge on any atom is 0.125 e. The molecule has 0 spiro atoms. The molecule has 1 aromatic rings. The lowest BCUT2D eigenvalue weighted by atomic mass is 10.1. The monoisotopic (exact) mass is 195 g/mol. The zero-order valence-corrected chi connectivity index (χ0v) is 8.13. The number of hydrogen-bond acceptors (Lipinski definition) is 3. The van der Waals surface area contributed by atoms with Gasteiger partial charge in [0, 0.05) is 13.1 Å². The van der Waals surface area contributed by atoms with Gasteiger partial charge >= 0.3 is 0 Å². The van der Waals surface area contributed by atoms with Crippen molar-refractivity contribution in [2.24, 2.45) is 0 Å². The summed E-state index contributed by atoms with van der Waals surface area (Å²) < 4.78 is 12.7. The van der Waals surface area contributed by atoms with Crippen molar-refractivity contribution in [3.05, 3.63) is 24.0 Å². The van der Waals surface area contributed by atoms with E-state index in [4.69, 9.17) is 5.73 Å². The van der Waals surface area contributed by atoms with Crippen LogP contribution in [0.15, 0.2) is 18.2 Å². The summed E-state index contributed by atoms with van der Waals surface area (Å²) in [6, 6.07) is 4.88. The van der Waals surface area contributed by atoms with E-state index in [0.717, 1.165) is 18.8 Å². The van der Waals surface area contributed by atoms with E-state index in [1.807, 2.05) is 0 Å². The molecule has 1 aliphatic heterocycles. The molecule has 0 saturated carbocycles. The van der Waals surface area contributed by atoms with Crippen LogP contribution in [0.25, 0.3) is 0 Å². The van der Waals surface area contributed by atoms with Crippen LogP contribution in [-0.4, -0.2) is 31.1 Å². The molecule has 1 heterocycles. The zero-order chi connectivity index (χ0) is 10.1. The molecule has 1 fully saturated rings. The molecule has 3 N–H and O–H groups in total. The van der Waals surface area contributed by atoms with E-state index < -0.39 is 0 Å². The molecule has 0 bridgehead atoms. The van der Waals surface area contributed by atoms with Gasteiger partial charge in [0.1, 0.15) is 5.82 Å². The molecular formula is C10H14FN3. The Kier molecular flexibility index (Phi) is 2.29. The van der Waals surface area contributed by atoms with Gasteiger partial charge in [-0.2, -0.15) is 0 Å². The van der Waals surface area contributed by atoms with Crippen molar-refractivity contribution in [1.29, 1.82) is 0 Å². The van der Waals surface area contributed by atoms with Crippen LogP contribution in [0.3, 0.4) is 0 Å². The molecule has 0 aliphatic carbocycles. The van der Waals surface area contributed by atoms with Gasteiger partial charge in [-0.1, -0.05) is 0 Å². The van der Waals surface area contributed by atoms with Gasteiger partial charge in [0.15, 0.2) is 0 Å². The highest BCUT2D eigenvalue weighted by molar-refractivity contribution is 5.66. The molecule has 0 atom stereocenters. The number of hydrogen-bond donors (Lipinski definition) is 2. The van der Waals surface area contributed by atoms with E-state index in [9.17, 15) is 4.39 Å². The molecule has 3 nitrogen and oxygen atoms in total. The number of likely N-dealkylation sites (tertiary alicyclic amines) is 1. The molecule has 14 heavy (non-hydrogen) atoms. The fourth-order valence-corrected chi connectivity index (χ4v) is 1.68. The maximum atomic E-state index is 12.7. The van der Waals surface area contributed by atoms with Crippen molar-refractivity contribution >= 4 is 11.4 Å². The summed E-state index contributed by atoms with van der Waals surface area (Å²) >= 11 is 0. The maximum absolute atomic E-state index is 12.7. The van der Waals surface area contributed by atoms with Crippen LogP contribution in [0, 0.1) is 5.82 Å². The van der Waals surface area contributed by atoms with E-state index in [1.165, 1.54) is 12.1 Å². The van der Waals surface area contributed by atoms with Gasteiger partial charge in [-0.3, -0.25) is 0 Å². The molecule has 0 unspecified atom stereocenters. The van der Waals surface area contributed by atoms with Crippen LogP contribution in [0.4, 0.5) is 15.8 Å². The van der Waals surface area contributed by atoms with E-state index in [1.54, 1.807) is 6.07 Å². The molecule has 0 amide bonds. The van der Waals surface area contributed by atoms with Crippen molar-refractivity contribution in [1.82, 2.24) is 4.90 Å². The highest BCUT2D eigenvalue weighted by Gasteiger charge is 2.23. The van der Waals surface area contributed by atoms with Gasteiger partial charge in [0.05, 0.1) is 17.4 Å². The summed E-state index contributed by atoms with van der Waals surface area (Å²) in [6.45, 7) is 2.02. The summed E-state index contributed by atoms with van der Waals surface area (Å²) in [4.78, 5) is 2.21. The van der Waals surface area contributed by atoms with Crippen LogP contribution in [0.2, 0.25) is 0 Å². The number of nitrogens with two attached hydrogens (primary N) is 1. The van der Waals surface area contributed by atoms with Gasteiger partial charge < -0.3 is 16.0 Å². The number of nitrogens with one attached hydrogen (secondary N) is 1. The van der Waals surface area contributed by atoms with Crippen LogP contribution in [0.1, 0.15) is 0 Å². The second kappa shape index (κ2) is 3.46. The van der Waals surface area contributed by atoms with Crippen molar-refractivity contribution in [3.63, 3.8) is 0 Å². The Morgan fingerprint density at radius 1 is 1.50 bits per heavy atom. The smallest absolute Gasteiger partial charge is 0.125 e. The van der Waals surface area contributed by atoms with Crippen molar-refractivity contribution in [3.8, 4) is 0 Å². The van der Waals surface area contributed by atoms with Gasteiger partial charge in [0.2, 0.25) is 0 Å². The quantitative estimate of drug-likeness (QED) is 0.695. The fourth-order valence-electron chi connectivity index (χ4n) is 1.68. The number of nitrogens with zero attached hydrogens (tertiary/aromatic N) is 1. The molecular weight excluding hydrogens is 181 g/mol. The lowest BCUT2D eigenvalue weighted by Crippen LogP contribution is -2.52. The standard InChI is InChI=1S/C10H14FN3/c1-14-5-8(6-14)13-10-3-2-7(11)4-9(10)12/h2-4,8,13H,5-6,12H2,1H3. The van der Waals surface area contributed by atoms with E-state index >= 15 is 0 Å².